The third-order valence-electron chi connectivity index (χ3n) is 7.44. The number of phenols is 1. The number of Topliss-reactive ketones (excluding diaryl/α,β-unsaturated/α-hetero) is 1. The topological polar surface area (TPSA) is 139 Å². The van der Waals surface area contributed by atoms with E-state index in [2.05, 4.69) is 16.8 Å². The number of carbonyl (C=O) groups excluding carboxylic acids is 3. The van der Waals surface area contributed by atoms with E-state index in [1.807, 2.05) is 0 Å². The number of aromatic nitrogens is 1. The molecule has 0 unspecified atom stereocenters. The Morgan fingerprint density at radius 1 is 1.13 bits per heavy atom. The summed E-state index contributed by atoms with van der Waals surface area (Å²) in [4.78, 5) is 44.7. The van der Waals surface area contributed by atoms with Gasteiger partial charge in [0.25, 0.3) is 0 Å². The van der Waals surface area contributed by atoms with E-state index in [4.69, 9.17) is 18.9 Å². The molecule has 0 saturated heterocycles. The monoisotopic (exact) mass is 533 g/mol. The Kier molecular flexibility index (Phi) is 6.28. The predicted molar refractivity (Wildman–Crippen MR) is 146 cm³/mol. The number of rotatable bonds is 6. The second kappa shape index (κ2) is 9.37. The summed E-state index contributed by atoms with van der Waals surface area (Å²) in [6.45, 7) is 7.30. The summed E-state index contributed by atoms with van der Waals surface area (Å²) >= 11 is 0. The van der Waals surface area contributed by atoms with Gasteiger partial charge in [0, 0.05) is 0 Å². The van der Waals surface area contributed by atoms with E-state index < -0.39 is 23.2 Å². The summed E-state index contributed by atoms with van der Waals surface area (Å²) in [6, 6.07) is 4.84. The van der Waals surface area contributed by atoms with Crippen LogP contribution in [0.2, 0.25) is 5.82 Å². The number of H-pyrrole nitrogens is 1. The number of nitrogens with zero attached hydrogens (tertiary/aromatic N) is 1. The summed E-state index contributed by atoms with van der Waals surface area (Å²) in [5, 5.41) is 14.4. The number of amides is 1. The molecule has 11 nitrogen and oxygen atoms in total. The van der Waals surface area contributed by atoms with Gasteiger partial charge in [0.1, 0.15) is 0 Å². The maximum atomic E-state index is 14.0. The molecule has 0 bridgehead atoms. The number of esters is 1. The Balaban J connectivity index is 1.65. The van der Waals surface area contributed by atoms with Crippen LogP contribution in [0.1, 0.15) is 33.3 Å². The van der Waals surface area contributed by atoms with Gasteiger partial charge in [0.15, 0.2) is 0 Å². The van der Waals surface area contributed by atoms with Gasteiger partial charge in [-0.1, -0.05) is 0 Å². The third kappa shape index (κ3) is 3.73. The van der Waals surface area contributed by atoms with Gasteiger partial charge in [-0.3, -0.25) is 0 Å². The average molecular weight is 533 g/mol. The first-order chi connectivity index (χ1) is 18.6. The van der Waals surface area contributed by atoms with Gasteiger partial charge in [-0.25, -0.2) is 0 Å². The number of aromatic hydroxyl groups is 1. The molecule has 3 heterocycles. The molecule has 1 aromatic heterocycles. The number of phenolic OH excluding ortho intramolecular Hbond substituents is 1. The number of nitrogens with one attached hydrogen (secondary N) is 2. The number of ether oxygens (including phenoxy) is 4. The first-order valence-corrected chi connectivity index (χ1v) is 12.2. The fourth-order valence-electron chi connectivity index (χ4n) is 5.44. The van der Waals surface area contributed by atoms with Crippen molar-refractivity contribution in [1.29, 1.82) is 0 Å². The molecule has 2 aliphatic heterocycles. The fraction of sp³-hybridized carbons (Fsp3) is 0.333. The van der Waals surface area contributed by atoms with Crippen LogP contribution in [0, 0.1) is 0 Å². The van der Waals surface area contributed by atoms with E-state index >= 15 is 0 Å². The molecule has 3 aromatic rings. The van der Waals surface area contributed by atoms with Crippen LogP contribution >= 0.6 is 0 Å². The van der Waals surface area contributed by atoms with Crippen LogP contribution in [-0.2, 0) is 16.0 Å². The van der Waals surface area contributed by atoms with Crippen LogP contribution in [0.15, 0.2) is 18.2 Å². The molecule has 2 atom stereocenters. The number of hydrogen-bond acceptors (Lipinski definition) is 9. The van der Waals surface area contributed by atoms with Crippen LogP contribution in [0.25, 0.3) is 10.9 Å². The minimum absolute atomic E-state index is 0.137. The zero-order valence-electron chi connectivity index (χ0n) is 22.3. The molecule has 0 radical (unpaired) electrons. The van der Waals surface area contributed by atoms with Crippen molar-refractivity contribution in [3.8, 4) is 23.0 Å². The van der Waals surface area contributed by atoms with Crippen molar-refractivity contribution in [2.45, 2.75) is 24.7 Å². The van der Waals surface area contributed by atoms with Crippen molar-refractivity contribution in [3.05, 3.63) is 35.0 Å². The Morgan fingerprint density at radius 2 is 1.85 bits per heavy atom. The van der Waals surface area contributed by atoms with E-state index in [0.29, 0.717) is 45.8 Å². The van der Waals surface area contributed by atoms with Crippen molar-refractivity contribution in [2.24, 2.45) is 0 Å². The van der Waals surface area contributed by atoms with E-state index in [1.54, 1.807) is 19.1 Å². The van der Waals surface area contributed by atoms with Crippen molar-refractivity contribution >= 4 is 53.3 Å². The summed E-state index contributed by atoms with van der Waals surface area (Å²) < 4.78 is 21.3. The quantitative estimate of drug-likeness (QED) is 0.189. The summed E-state index contributed by atoms with van der Waals surface area (Å²) in [7, 11) is 5.68. The predicted octanol–water partition coefficient (Wildman–Crippen LogP) is 2.57. The second-order valence-electron chi connectivity index (χ2n) is 9.62. The molecule has 3 N–H and O–H groups in total. The Bertz CT molecular complexity index is 1560. The minimum atomic E-state index is -1.70. The second-order valence-corrected chi connectivity index (χ2v) is 9.62. The van der Waals surface area contributed by atoms with Crippen LogP contribution in [0.3, 0.4) is 0 Å². The summed E-state index contributed by atoms with van der Waals surface area (Å²) in [5.74, 6) is -0.963. The number of methoxy groups -OCH3 is 4. The van der Waals surface area contributed by atoms with Crippen LogP contribution < -0.4 is 24.4 Å². The van der Waals surface area contributed by atoms with Gasteiger partial charge in [0.05, 0.1) is 0 Å². The molecular weight excluding hydrogens is 505 g/mol. The first-order valence-electron chi connectivity index (χ1n) is 12.2. The number of ketones is 1. The zero-order chi connectivity index (χ0) is 28.2. The molecule has 0 fully saturated rings. The molecular formula is C27H28BN3O8. The number of benzene rings is 2. The van der Waals surface area contributed by atoms with E-state index in [1.165, 1.54) is 46.3 Å². The molecule has 5 rings (SSSR count). The number of carbonyl (C=O) groups is 3. The van der Waals surface area contributed by atoms with Crippen LogP contribution in [0.4, 0.5) is 11.4 Å². The zero-order valence-corrected chi connectivity index (χ0v) is 22.3. The van der Waals surface area contributed by atoms with Crippen molar-refractivity contribution in [3.63, 3.8) is 0 Å². The first kappa shape index (κ1) is 26.1. The molecule has 202 valence electrons. The molecule has 0 aliphatic carbocycles. The van der Waals surface area contributed by atoms with Gasteiger partial charge in [-0.15, -0.1) is 0 Å². The number of fused-ring (bicyclic) bond motifs is 4. The van der Waals surface area contributed by atoms with E-state index in [-0.39, 0.29) is 35.1 Å². The normalized spacial score (nSPS) is 19.6. The maximum absolute atomic E-state index is 14.0. The Hall–Kier alpha value is -4.48. The molecule has 0 spiro atoms. The molecule has 12 heteroatoms. The molecule has 0 saturated carbocycles. The Labute approximate surface area is 224 Å². The van der Waals surface area contributed by atoms with Crippen molar-refractivity contribution < 1.29 is 38.4 Å². The fourth-order valence-corrected chi connectivity index (χ4v) is 5.44. The summed E-state index contributed by atoms with van der Waals surface area (Å²) in [5.41, 5.74) is 0.298. The van der Waals surface area contributed by atoms with Crippen LogP contribution in [0.5, 0.6) is 23.0 Å². The van der Waals surface area contributed by atoms with Crippen molar-refractivity contribution in [2.75, 3.05) is 45.2 Å². The third-order valence-corrected chi connectivity index (χ3v) is 7.44. The van der Waals surface area contributed by atoms with Gasteiger partial charge in [-0.05, 0) is 0 Å². The number of hydrogen-bond donors (Lipinski definition) is 3. The molecule has 2 aromatic carbocycles. The van der Waals surface area contributed by atoms with Gasteiger partial charge in [0.2, 0.25) is 0 Å². The van der Waals surface area contributed by atoms with Gasteiger partial charge in [-0.2, -0.15) is 0 Å². The summed E-state index contributed by atoms with van der Waals surface area (Å²) in [6.07, 6.45) is 0.394. The SMILES string of the molecule is C=B[C@H]1Cc2c(cc(O)c3c2C(=O)[C@](C)(C(=O)OC)N3)N(C(=O)c2cc3cc(OC)c(OC)c(OC)c3[nH]2)C1. The average Bonchev–Trinajstić information content (AvgIpc) is 3.50. The van der Waals surface area contributed by atoms with Crippen LogP contribution in [-0.4, -0.2) is 81.7 Å². The molecule has 39 heavy (non-hydrogen) atoms. The number of aromatic amines is 1. The van der Waals surface area contributed by atoms with Gasteiger partial charge < -0.3 is 0 Å². The standard InChI is InChI=1S/C27H28BN3O8/c1-27(26(35)39-6)24(33)19-14-9-13(28-2)11-31(16(14)10-17(32)21(19)30-27)25(34)15-7-12-8-18(36-3)22(37-4)23(38-5)20(12)29-15/h7-8,10,13,29-30,32H,2,9,11H2,1,3-6H3/t13-,27+/m0/s1. The Morgan fingerprint density at radius 3 is 2.46 bits per heavy atom. The van der Waals surface area contributed by atoms with Crippen molar-refractivity contribution in [1.82, 2.24) is 4.98 Å². The molecule has 1 amide bonds. The van der Waals surface area contributed by atoms with E-state index in [9.17, 15) is 19.5 Å². The van der Waals surface area contributed by atoms with E-state index in [0.717, 1.165) is 0 Å². The molecule has 2 aliphatic rings. The van der Waals surface area contributed by atoms with Gasteiger partial charge >= 0.3 is 225 Å². The number of anilines is 2.